The lowest BCUT2D eigenvalue weighted by atomic mass is 10.2. The van der Waals surface area contributed by atoms with Gasteiger partial charge in [0.15, 0.2) is 0 Å². The highest BCUT2D eigenvalue weighted by atomic mass is 32.2. The van der Waals surface area contributed by atoms with Crippen LogP contribution in [0.25, 0.3) is 0 Å². The Labute approximate surface area is 120 Å². The summed E-state index contributed by atoms with van der Waals surface area (Å²) in [7, 11) is 0. The summed E-state index contributed by atoms with van der Waals surface area (Å²) in [6.45, 7) is 12.6. The average Bonchev–Trinajstić information content (AvgIpc) is 2.36. The third-order valence-corrected chi connectivity index (χ3v) is 4.56. The summed E-state index contributed by atoms with van der Waals surface area (Å²) in [5.41, 5.74) is 2.28. The first kappa shape index (κ1) is 14.6. The van der Waals surface area contributed by atoms with Crippen LogP contribution in [0.2, 0.25) is 0 Å². The summed E-state index contributed by atoms with van der Waals surface area (Å²) >= 11 is 2.05. The maximum absolute atomic E-state index is 4.68. The van der Waals surface area contributed by atoms with E-state index in [9.17, 15) is 0 Å². The molecule has 0 spiro atoms. The number of hydrogen-bond acceptors (Lipinski definition) is 5. The lowest BCUT2D eigenvalue weighted by Gasteiger charge is -2.34. The molecule has 2 heterocycles. The zero-order chi connectivity index (χ0) is 13.8. The number of anilines is 1. The van der Waals surface area contributed by atoms with Crippen LogP contribution in [0.4, 0.5) is 5.95 Å². The smallest absolute Gasteiger partial charge is 0.225 e. The van der Waals surface area contributed by atoms with Gasteiger partial charge in [0.25, 0.3) is 0 Å². The largest absolute Gasteiger partial charge is 0.339 e. The number of nitrogens with one attached hydrogen (secondary N) is 1. The molecule has 2 atom stereocenters. The van der Waals surface area contributed by atoms with Crippen molar-refractivity contribution >= 4 is 17.7 Å². The van der Waals surface area contributed by atoms with Crippen molar-refractivity contribution in [2.24, 2.45) is 0 Å². The van der Waals surface area contributed by atoms with E-state index in [2.05, 4.69) is 59.6 Å². The van der Waals surface area contributed by atoms with Gasteiger partial charge < -0.3 is 10.2 Å². The predicted molar refractivity (Wildman–Crippen MR) is 82.9 cm³/mol. The molecular weight excluding hydrogens is 256 g/mol. The molecule has 1 saturated heterocycles. The Hall–Kier alpha value is -0.810. The Balaban J connectivity index is 2.10. The Morgan fingerprint density at radius 3 is 2.63 bits per heavy atom. The fourth-order valence-corrected chi connectivity index (χ4v) is 3.73. The van der Waals surface area contributed by atoms with Gasteiger partial charge in [-0.2, -0.15) is 11.8 Å². The average molecular weight is 280 g/mol. The van der Waals surface area contributed by atoms with Crippen LogP contribution in [-0.2, 0) is 6.54 Å². The van der Waals surface area contributed by atoms with E-state index in [1.807, 2.05) is 6.20 Å². The van der Waals surface area contributed by atoms with Crippen molar-refractivity contribution in [1.82, 2.24) is 15.3 Å². The summed E-state index contributed by atoms with van der Waals surface area (Å²) in [5.74, 6) is 0.886. The molecule has 2 unspecified atom stereocenters. The molecule has 0 aliphatic carbocycles. The van der Waals surface area contributed by atoms with E-state index < -0.39 is 0 Å². The number of rotatable bonds is 4. The molecule has 1 N–H and O–H groups in total. The highest BCUT2D eigenvalue weighted by molar-refractivity contribution is 8.00. The van der Waals surface area contributed by atoms with E-state index in [1.54, 1.807) is 0 Å². The van der Waals surface area contributed by atoms with Gasteiger partial charge in [0.1, 0.15) is 0 Å². The topological polar surface area (TPSA) is 41.1 Å². The second kappa shape index (κ2) is 6.57. The highest BCUT2D eigenvalue weighted by Crippen LogP contribution is 2.27. The zero-order valence-electron chi connectivity index (χ0n) is 12.3. The monoisotopic (exact) mass is 280 g/mol. The Morgan fingerprint density at radius 2 is 2.05 bits per heavy atom. The molecule has 0 aromatic carbocycles. The minimum Gasteiger partial charge on any atom is -0.339 e. The predicted octanol–water partition coefficient (Wildman–Crippen LogP) is 2.22. The molecular formula is C14H24N4S. The molecule has 4 nitrogen and oxygen atoms in total. The quantitative estimate of drug-likeness (QED) is 0.916. The molecule has 1 aromatic heterocycles. The number of nitrogens with zero attached hydrogens (tertiary/aromatic N) is 3. The summed E-state index contributed by atoms with van der Waals surface area (Å²) in [6.07, 6.45) is 1.97. The lowest BCUT2D eigenvalue weighted by molar-refractivity contribution is 0.691. The number of aromatic nitrogens is 2. The normalized spacial score (nSPS) is 23.7. The van der Waals surface area contributed by atoms with Crippen molar-refractivity contribution in [1.29, 1.82) is 0 Å². The molecule has 106 valence electrons. The van der Waals surface area contributed by atoms with Crippen molar-refractivity contribution < 1.29 is 0 Å². The second-order valence-corrected chi connectivity index (χ2v) is 7.10. The van der Waals surface area contributed by atoms with Gasteiger partial charge in [-0.25, -0.2) is 9.97 Å². The maximum atomic E-state index is 4.68. The third kappa shape index (κ3) is 3.83. The number of aryl methyl sites for hydroxylation is 1. The molecule has 0 radical (unpaired) electrons. The Morgan fingerprint density at radius 1 is 1.37 bits per heavy atom. The fraction of sp³-hybridized carbons (Fsp3) is 0.714. The minimum absolute atomic E-state index is 0.647. The van der Waals surface area contributed by atoms with Crippen LogP contribution >= 0.6 is 11.8 Å². The van der Waals surface area contributed by atoms with Crippen LogP contribution in [-0.4, -0.2) is 40.1 Å². The summed E-state index contributed by atoms with van der Waals surface area (Å²) in [5, 5.41) is 4.62. The van der Waals surface area contributed by atoms with Crippen molar-refractivity contribution in [2.45, 2.75) is 44.7 Å². The molecule has 1 aliphatic heterocycles. The zero-order valence-corrected chi connectivity index (χ0v) is 13.1. The van der Waals surface area contributed by atoms with Crippen LogP contribution in [0.3, 0.4) is 0 Å². The van der Waals surface area contributed by atoms with Gasteiger partial charge in [-0.3, -0.25) is 0 Å². The van der Waals surface area contributed by atoms with Crippen LogP contribution in [0.5, 0.6) is 0 Å². The van der Waals surface area contributed by atoms with Crippen LogP contribution in [0, 0.1) is 6.92 Å². The van der Waals surface area contributed by atoms with E-state index in [0.717, 1.165) is 37.8 Å². The molecule has 2 rings (SSSR count). The Bertz CT molecular complexity index is 414. The molecule has 1 fully saturated rings. The molecule has 19 heavy (non-hydrogen) atoms. The second-order valence-electron chi connectivity index (χ2n) is 5.22. The van der Waals surface area contributed by atoms with E-state index in [-0.39, 0.29) is 0 Å². The van der Waals surface area contributed by atoms with Crippen molar-refractivity contribution in [3.05, 3.63) is 17.5 Å². The lowest BCUT2D eigenvalue weighted by Crippen LogP contribution is -2.41. The van der Waals surface area contributed by atoms with E-state index in [0.29, 0.717) is 10.5 Å². The van der Waals surface area contributed by atoms with Crippen LogP contribution in [0.1, 0.15) is 32.0 Å². The first-order chi connectivity index (χ1) is 9.10. The van der Waals surface area contributed by atoms with Gasteiger partial charge in [-0.05, 0) is 13.5 Å². The summed E-state index contributed by atoms with van der Waals surface area (Å²) in [4.78, 5) is 11.6. The highest BCUT2D eigenvalue weighted by Gasteiger charge is 2.24. The first-order valence-corrected chi connectivity index (χ1v) is 7.98. The van der Waals surface area contributed by atoms with Gasteiger partial charge in [0.2, 0.25) is 5.95 Å². The first-order valence-electron chi connectivity index (χ1n) is 7.03. The molecule has 0 saturated carbocycles. The molecule has 1 aromatic rings. The fourth-order valence-electron chi connectivity index (χ4n) is 2.41. The van der Waals surface area contributed by atoms with Crippen molar-refractivity contribution in [3.8, 4) is 0 Å². The van der Waals surface area contributed by atoms with E-state index in [1.165, 1.54) is 5.56 Å². The number of hydrogen-bond donors (Lipinski definition) is 1. The standard InChI is InChI=1S/C14H24N4S/c1-5-15-6-13-7-16-14(17-12(13)4)18-8-10(2)19-11(3)9-18/h7,10-11,15H,5-6,8-9H2,1-4H3. The van der Waals surface area contributed by atoms with Crippen LogP contribution < -0.4 is 10.2 Å². The van der Waals surface area contributed by atoms with E-state index >= 15 is 0 Å². The van der Waals surface area contributed by atoms with Gasteiger partial charge in [0, 0.05) is 47.6 Å². The van der Waals surface area contributed by atoms with Crippen molar-refractivity contribution in [3.63, 3.8) is 0 Å². The van der Waals surface area contributed by atoms with Crippen LogP contribution in [0.15, 0.2) is 6.20 Å². The minimum atomic E-state index is 0.647. The molecule has 0 amide bonds. The third-order valence-electron chi connectivity index (χ3n) is 3.34. The molecule has 1 aliphatic rings. The maximum Gasteiger partial charge on any atom is 0.225 e. The van der Waals surface area contributed by atoms with Crippen molar-refractivity contribution in [2.75, 3.05) is 24.5 Å². The number of thioether (sulfide) groups is 1. The van der Waals surface area contributed by atoms with Gasteiger partial charge in [-0.15, -0.1) is 0 Å². The molecule has 0 bridgehead atoms. The SMILES string of the molecule is CCNCc1cnc(N2CC(C)SC(C)C2)nc1C. The van der Waals surface area contributed by atoms with Gasteiger partial charge in [0.05, 0.1) is 0 Å². The summed E-state index contributed by atoms with van der Waals surface area (Å²) < 4.78 is 0. The Kier molecular flexibility index (Phi) is 5.05. The van der Waals surface area contributed by atoms with E-state index in [4.69, 9.17) is 0 Å². The summed E-state index contributed by atoms with van der Waals surface area (Å²) in [6, 6.07) is 0. The molecule has 5 heteroatoms. The van der Waals surface area contributed by atoms with Gasteiger partial charge >= 0.3 is 0 Å². The van der Waals surface area contributed by atoms with Gasteiger partial charge in [-0.1, -0.05) is 20.8 Å².